The third-order valence-electron chi connectivity index (χ3n) is 6.66. The molecule has 0 atom stereocenters. The Balaban J connectivity index is 1.56. The van der Waals surface area contributed by atoms with Crippen molar-refractivity contribution in [2.24, 2.45) is 5.92 Å². The fourth-order valence-corrected chi connectivity index (χ4v) is 4.62. The van der Waals surface area contributed by atoms with Gasteiger partial charge in [-0.3, -0.25) is 4.79 Å². The molecule has 1 heterocycles. The Hall–Kier alpha value is -4.39. The second kappa shape index (κ2) is 12.6. The summed E-state index contributed by atoms with van der Waals surface area (Å²) >= 11 is 0. The third kappa shape index (κ3) is 7.17. The standard InChI is InChI=1S/C33H39N5O2/c1-22(2)20-37(33(40)34-28-15-13-26(14-16-28)23(3)4)21-32(39)35-31-19-29(27-10-8-7-9-11-27)36-38(31)30-17-12-24(5)18-25(30)6/h7-19,22-23H,20-21H2,1-6H3,(H,34,40)(H,35,39). The van der Waals surface area contributed by atoms with Crippen LogP contribution in [-0.4, -0.2) is 39.7 Å². The molecule has 7 nitrogen and oxygen atoms in total. The van der Waals surface area contributed by atoms with Crippen molar-refractivity contribution in [3.8, 4) is 16.9 Å². The number of aryl methyl sites for hydroxylation is 2. The van der Waals surface area contributed by atoms with Gasteiger partial charge in [0.25, 0.3) is 0 Å². The molecule has 0 aliphatic rings. The van der Waals surface area contributed by atoms with Crippen molar-refractivity contribution >= 4 is 23.4 Å². The van der Waals surface area contributed by atoms with E-state index in [9.17, 15) is 9.59 Å². The quantitative estimate of drug-likeness (QED) is 0.233. The van der Waals surface area contributed by atoms with Gasteiger partial charge in [-0.2, -0.15) is 5.10 Å². The van der Waals surface area contributed by atoms with Gasteiger partial charge < -0.3 is 15.5 Å². The van der Waals surface area contributed by atoms with Crippen LogP contribution in [0.3, 0.4) is 0 Å². The zero-order valence-corrected chi connectivity index (χ0v) is 24.2. The number of aromatic nitrogens is 2. The summed E-state index contributed by atoms with van der Waals surface area (Å²) in [5, 5.41) is 10.8. The van der Waals surface area contributed by atoms with Crippen LogP contribution in [0.4, 0.5) is 16.3 Å². The van der Waals surface area contributed by atoms with E-state index >= 15 is 0 Å². The maximum Gasteiger partial charge on any atom is 0.322 e. The number of hydrogen-bond acceptors (Lipinski definition) is 3. The molecule has 0 radical (unpaired) electrons. The lowest BCUT2D eigenvalue weighted by Gasteiger charge is -2.24. The SMILES string of the molecule is Cc1ccc(-n2nc(-c3ccccc3)cc2NC(=O)CN(CC(C)C)C(=O)Nc2ccc(C(C)C)cc2)c(C)c1. The van der Waals surface area contributed by atoms with E-state index < -0.39 is 0 Å². The number of carbonyl (C=O) groups is 2. The second-order valence-electron chi connectivity index (χ2n) is 11.0. The van der Waals surface area contributed by atoms with Crippen molar-refractivity contribution in [1.29, 1.82) is 0 Å². The molecule has 208 valence electrons. The molecule has 0 aliphatic carbocycles. The van der Waals surface area contributed by atoms with Gasteiger partial charge in [-0.15, -0.1) is 0 Å². The average Bonchev–Trinajstić information content (AvgIpc) is 3.32. The Labute approximate surface area is 237 Å². The zero-order valence-electron chi connectivity index (χ0n) is 24.2. The Morgan fingerprint density at radius 3 is 2.20 bits per heavy atom. The highest BCUT2D eigenvalue weighted by molar-refractivity contribution is 5.97. The minimum atomic E-state index is -0.311. The highest BCUT2D eigenvalue weighted by Crippen LogP contribution is 2.27. The Bertz CT molecular complexity index is 1460. The highest BCUT2D eigenvalue weighted by atomic mass is 16.2. The number of benzene rings is 3. The smallest absolute Gasteiger partial charge is 0.315 e. The largest absolute Gasteiger partial charge is 0.322 e. The van der Waals surface area contributed by atoms with Crippen molar-refractivity contribution in [3.63, 3.8) is 0 Å². The van der Waals surface area contributed by atoms with E-state index in [2.05, 4.69) is 30.5 Å². The molecule has 2 N–H and O–H groups in total. The third-order valence-corrected chi connectivity index (χ3v) is 6.66. The van der Waals surface area contributed by atoms with Crippen LogP contribution in [-0.2, 0) is 4.79 Å². The van der Waals surface area contributed by atoms with E-state index in [0.29, 0.717) is 24.0 Å². The lowest BCUT2D eigenvalue weighted by atomic mass is 10.0. The molecule has 4 rings (SSSR count). The molecular formula is C33H39N5O2. The molecular weight excluding hydrogens is 498 g/mol. The molecule has 0 spiro atoms. The van der Waals surface area contributed by atoms with Crippen molar-refractivity contribution in [2.75, 3.05) is 23.7 Å². The van der Waals surface area contributed by atoms with E-state index in [1.54, 1.807) is 9.58 Å². The van der Waals surface area contributed by atoms with E-state index in [1.807, 2.05) is 100 Å². The summed E-state index contributed by atoms with van der Waals surface area (Å²) in [6.45, 7) is 12.7. The van der Waals surface area contributed by atoms with Crippen molar-refractivity contribution in [1.82, 2.24) is 14.7 Å². The predicted octanol–water partition coefficient (Wildman–Crippen LogP) is 7.41. The van der Waals surface area contributed by atoms with Gasteiger partial charge in [0.05, 0.1) is 11.4 Å². The Morgan fingerprint density at radius 2 is 1.57 bits per heavy atom. The minimum Gasteiger partial charge on any atom is -0.315 e. The van der Waals surface area contributed by atoms with Crippen LogP contribution in [0.15, 0.2) is 78.9 Å². The number of anilines is 2. The van der Waals surface area contributed by atoms with E-state index in [0.717, 1.165) is 28.1 Å². The number of nitrogens with zero attached hydrogens (tertiary/aromatic N) is 3. The topological polar surface area (TPSA) is 79.3 Å². The van der Waals surface area contributed by atoms with Crippen molar-refractivity contribution in [3.05, 3.63) is 95.6 Å². The molecule has 3 amide bonds. The summed E-state index contributed by atoms with van der Waals surface area (Å²) in [7, 11) is 0. The first kappa shape index (κ1) is 28.6. The lowest BCUT2D eigenvalue weighted by molar-refractivity contribution is -0.116. The minimum absolute atomic E-state index is 0.0905. The maximum absolute atomic E-state index is 13.4. The summed E-state index contributed by atoms with van der Waals surface area (Å²) in [6.07, 6.45) is 0. The monoisotopic (exact) mass is 537 g/mol. The van der Waals surface area contributed by atoms with Gasteiger partial charge in [0.15, 0.2) is 0 Å². The number of rotatable bonds is 9. The van der Waals surface area contributed by atoms with Crippen molar-refractivity contribution in [2.45, 2.75) is 47.5 Å². The molecule has 3 aromatic carbocycles. The van der Waals surface area contributed by atoms with Crippen LogP contribution in [0.25, 0.3) is 16.9 Å². The summed E-state index contributed by atoms with van der Waals surface area (Å²) < 4.78 is 1.76. The molecule has 40 heavy (non-hydrogen) atoms. The molecule has 7 heteroatoms. The summed E-state index contributed by atoms with van der Waals surface area (Å²) in [6, 6.07) is 25.4. The number of urea groups is 1. The number of hydrogen-bond donors (Lipinski definition) is 2. The van der Waals surface area contributed by atoms with Crippen LogP contribution in [0.1, 0.15) is 50.3 Å². The fraction of sp³-hybridized carbons (Fsp3) is 0.303. The van der Waals surface area contributed by atoms with Gasteiger partial charge in [-0.25, -0.2) is 9.48 Å². The lowest BCUT2D eigenvalue weighted by Crippen LogP contribution is -2.42. The van der Waals surface area contributed by atoms with Gasteiger partial charge in [0, 0.05) is 23.9 Å². The van der Waals surface area contributed by atoms with Gasteiger partial charge in [-0.05, 0) is 55.0 Å². The highest BCUT2D eigenvalue weighted by Gasteiger charge is 2.21. The fourth-order valence-electron chi connectivity index (χ4n) is 4.62. The number of nitrogens with one attached hydrogen (secondary N) is 2. The number of amides is 3. The van der Waals surface area contributed by atoms with Gasteiger partial charge >= 0.3 is 6.03 Å². The molecule has 0 fully saturated rings. The van der Waals surface area contributed by atoms with E-state index in [4.69, 9.17) is 5.10 Å². The number of carbonyl (C=O) groups excluding carboxylic acids is 2. The molecule has 0 saturated carbocycles. The Kier molecular flexibility index (Phi) is 9.04. The maximum atomic E-state index is 13.4. The normalized spacial score (nSPS) is 11.1. The summed E-state index contributed by atoms with van der Waals surface area (Å²) in [4.78, 5) is 28.1. The Morgan fingerprint density at radius 1 is 0.875 bits per heavy atom. The van der Waals surface area contributed by atoms with Crippen LogP contribution in [0.2, 0.25) is 0 Å². The molecule has 0 bridgehead atoms. The molecule has 0 unspecified atom stereocenters. The molecule has 1 aromatic heterocycles. The average molecular weight is 538 g/mol. The first-order valence-electron chi connectivity index (χ1n) is 13.8. The molecule has 0 saturated heterocycles. The van der Waals surface area contributed by atoms with E-state index in [1.165, 1.54) is 5.56 Å². The van der Waals surface area contributed by atoms with Gasteiger partial charge in [0.1, 0.15) is 12.4 Å². The predicted molar refractivity (Wildman–Crippen MR) is 163 cm³/mol. The summed E-state index contributed by atoms with van der Waals surface area (Å²) in [5.74, 6) is 0.846. The molecule has 0 aliphatic heterocycles. The van der Waals surface area contributed by atoms with Crippen LogP contribution in [0.5, 0.6) is 0 Å². The molecule has 4 aromatic rings. The summed E-state index contributed by atoms with van der Waals surface area (Å²) in [5.41, 5.74) is 6.67. The first-order valence-corrected chi connectivity index (χ1v) is 13.8. The zero-order chi connectivity index (χ0) is 28.8. The second-order valence-corrected chi connectivity index (χ2v) is 11.0. The first-order chi connectivity index (χ1) is 19.1. The van der Waals surface area contributed by atoms with Crippen molar-refractivity contribution < 1.29 is 9.59 Å². The van der Waals surface area contributed by atoms with Gasteiger partial charge in [-0.1, -0.05) is 87.9 Å². The van der Waals surface area contributed by atoms with Crippen LogP contribution in [0, 0.1) is 19.8 Å². The van der Waals surface area contributed by atoms with Gasteiger partial charge in [0.2, 0.25) is 5.91 Å². The van der Waals surface area contributed by atoms with Crippen LogP contribution >= 0.6 is 0 Å². The van der Waals surface area contributed by atoms with Crippen LogP contribution < -0.4 is 10.6 Å². The van der Waals surface area contributed by atoms with E-state index in [-0.39, 0.29) is 24.4 Å².